The van der Waals surface area contributed by atoms with Gasteiger partial charge in [-0.15, -0.1) is 0 Å². The molecule has 2 N–H and O–H groups in total. The molecule has 1 unspecified atom stereocenters. The number of aromatic nitrogens is 2. The summed E-state index contributed by atoms with van der Waals surface area (Å²) in [7, 11) is 3.72. The zero-order valence-electron chi connectivity index (χ0n) is 10.6. The number of hydrogen-bond acceptors (Lipinski definition) is 3. The summed E-state index contributed by atoms with van der Waals surface area (Å²) in [5, 5.41) is 0. The summed E-state index contributed by atoms with van der Waals surface area (Å²) in [5.74, 6) is 1.02. The van der Waals surface area contributed by atoms with Crippen LogP contribution in [0, 0.1) is 6.92 Å². The molecule has 0 aliphatic rings. The van der Waals surface area contributed by atoms with E-state index in [0.29, 0.717) is 6.54 Å². The maximum Gasteiger partial charge on any atom is 0.112 e. The van der Waals surface area contributed by atoms with E-state index in [-0.39, 0.29) is 6.10 Å². The van der Waals surface area contributed by atoms with Gasteiger partial charge in [0.05, 0.1) is 17.1 Å². The lowest BCUT2D eigenvalue weighted by Gasteiger charge is -2.12. The Labute approximate surface area is 101 Å². The number of imidazole rings is 1. The number of methoxy groups -OCH3 is 1. The van der Waals surface area contributed by atoms with Crippen molar-refractivity contribution in [3.63, 3.8) is 0 Å². The van der Waals surface area contributed by atoms with Crippen molar-refractivity contribution >= 4 is 11.0 Å². The van der Waals surface area contributed by atoms with Crippen molar-refractivity contribution in [1.82, 2.24) is 9.55 Å². The molecule has 17 heavy (non-hydrogen) atoms. The predicted octanol–water partition coefficient (Wildman–Crippen LogP) is 1.40. The van der Waals surface area contributed by atoms with Gasteiger partial charge in [0.25, 0.3) is 0 Å². The number of nitrogens with two attached hydrogens (primary N) is 1. The molecule has 1 aromatic carbocycles. The van der Waals surface area contributed by atoms with E-state index < -0.39 is 0 Å². The minimum absolute atomic E-state index is 0.0339. The van der Waals surface area contributed by atoms with Crippen molar-refractivity contribution in [2.75, 3.05) is 13.7 Å². The van der Waals surface area contributed by atoms with Crippen LogP contribution >= 0.6 is 0 Å². The van der Waals surface area contributed by atoms with Crippen LogP contribution in [-0.2, 0) is 18.2 Å². The Hall–Kier alpha value is -1.39. The minimum atomic E-state index is 0.0339. The van der Waals surface area contributed by atoms with E-state index in [1.807, 2.05) is 7.05 Å². The topological polar surface area (TPSA) is 53.1 Å². The number of ether oxygens (including phenoxy) is 1. The fraction of sp³-hybridized carbons (Fsp3) is 0.462. The van der Waals surface area contributed by atoms with E-state index in [0.717, 1.165) is 23.3 Å². The summed E-state index contributed by atoms with van der Waals surface area (Å²) in [4.78, 5) is 4.64. The smallest absolute Gasteiger partial charge is 0.112 e. The van der Waals surface area contributed by atoms with E-state index in [4.69, 9.17) is 10.5 Å². The van der Waals surface area contributed by atoms with Crippen molar-refractivity contribution < 1.29 is 4.74 Å². The molecule has 0 bridgehead atoms. The molecule has 0 aliphatic carbocycles. The third kappa shape index (κ3) is 2.33. The van der Waals surface area contributed by atoms with Gasteiger partial charge in [-0.1, -0.05) is 6.07 Å². The van der Waals surface area contributed by atoms with Gasteiger partial charge in [-0.2, -0.15) is 0 Å². The zero-order chi connectivity index (χ0) is 12.4. The number of aryl methyl sites for hydroxylation is 2. The third-order valence-electron chi connectivity index (χ3n) is 3.14. The van der Waals surface area contributed by atoms with Crippen LogP contribution in [-0.4, -0.2) is 29.3 Å². The third-order valence-corrected chi connectivity index (χ3v) is 3.14. The van der Waals surface area contributed by atoms with E-state index in [9.17, 15) is 0 Å². The highest BCUT2D eigenvalue weighted by Gasteiger charge is 2.12. The fourth-order valence-corrected chi connectivity index (χ4v) is 2.01. The first-order chi connectivity index (χ1) is 8.15. The van der Waals surface area contributed by atoms with Crippen molar-refractivity contribution in [2.45, 2.75) is 19.4 Å². The van der Waals surface area contributed by atoms with Gasteiger partial charge < -0.3 is 15.0 Å². The average molecular weight is 233 g/mol. The van der Waals surface area contributed by atoms with E-state index >= 15 is 0 Å². The predicted molar refractivity (Wildman–Crippen MR) is 69.0 cm³/mol. The quantitative estimate of drug-likeness (QED) is 0.868. The Kier molecular flexibility index (Phi) is 3.45. The number of rotatable bonds is 4. The van der Waals surface area contributed by atoms with Gasteiger partial charge in [0, 0.05) is 27.1 Å². The van der Waals surface area contributed by atoms with Gasteiger partial charge in [0.15, 0.2) is 0 Å². The molecule has 0 saturated heterocycles. The van der Waals surface area contributed by atoms with Gasteiger partial charge in [-0.25, -0.2) is 4.98 Å². The first-order valence-corrected chi connectivity index (χ1v) is 5.80. The highest BCUT2D eigenvalue weighted by Crippen LogP contribution is 2.17. The molecule has 92 valence electrons. The molecular weight excluding hydrogens is 214 g/mol. The first-order valence-electron chi connectivity index (χ1n) is 5.80. The molecule has 0 aliphatic heterocycles. The second-order valence-corrected chi connectivity index (χ2v) is 4.38. The second-order valence-electron chi connectivity index (χ2n) is 4.38. The van der Waals surface area contributed by atoms with Crippen molar-refractivity contribution in [3.05, 3.63) is 29.6 Å². The van der Waals surface area contributed by atoms with Crippen LogP contribution in [0.5, 0.6) is 0 Å². The molecule has 0 radical (unpaired) electrons. The van der Waals surface area contributed by atoms with E-state index in [1.54, 1.807) is 7.11 Å². The molecule has 4 nitrogen and oxygen atoms in total. The summed E-state index contributed by atoms with van der Waals surface area (Å²) in [5.41, 5.74) is 9.05. The fourth-order valence-electron chi connectivity index (χ4n) is 2.01. The van der Waals surface area contributed by atoms with Crippen LogP contribution in [0.4, 0.5) is 0 Å². The SMILES string of the molecule is COC(CN)Cc1nc2cc(C)ccc2n1C. The maximum atomic E-state index is 5.64. The number of hydrogen-bond donors (Lipinski definition) is 1. The molecule has 0 saturated carbocycles. The Morgan fingerprint density at radius 3 is 2.88 bits per heavy atom. The van der Waals surface area contributed by atoms with Gasteiger partial charge in [-0.05, 0) is 24.6 Å². The molecule has 1 aromatic heterocycles. The molecule has 4 heteroatoms. The summed E-state index contributed by atoms with van der Waals surface area (Å²) >= 11 is 0. The molecule has 2 aromatic rings. The van der Waals surface area contributed by atoms with Gasteiger partial charge in [-0.3, -0.25) is 0 Å². The highest BCUT2D eigenvalue weighted by molar-refractivity contribution is 5.76. The monoisotopic (exact) mass is 233 g/mol. The molecule has 2 rings (SSSR count). The van der Waals surface area contributed by atoms with Crippen molar-refractivity contribution in [3.8, 4) is 0 Å². The lowest BCUT2D eigenvalue weighted by atomic mass is 10.2. The zero-order valence-corrected chi connectivity index (χ0v) is 10.6. The Morgan fingerprint density at radius 1 is 1.47 bits per heavy atom. The Morgan fingerprint density at radius 2 is 2.24 bits per heavy atom. The molecule has 0 amide bonds. The van der Waals surface area contributed by atoms with Crippen LogP contribution in [0.1, 0.15) is 11.4 Å². The minimum Gasteiger partial charge on any atom is -0.380 e. The molecular formula is C13H19N3O. The average Bonchev–Trinajstić information content (AvgIpc) is 2.62. The summed E-state index contributed by atoms with van der Waals surface area (Å²) in [6.45, 7) is 2.59. The Balaban J connectivity index is 2.38. The molecule has 1 heterocycles. The lowest BCUT2D eigenvalue weighted by molar-refractivity contribution is 0.108. The van der Waals surface area contributed by atoms with E-state index in [1.165, 1.54) is 5.56 Å². The summed E-state index contributed by atoms with van der Waals surface area (Å²) < 4.78 is 7.41. The Bertz CT molecular complexity index is 515. The number of benzene rings is 1. The second kappa shape index (κ2) is 4.85. The largest absolute Gasteiger partial charge is 0.380 e. The lowest BCUT2D eigenvalue weighted by Crippen LogP contribution is -2.25. The summed E-state index contributed by atoms with van der Waals surface area (Å²) in [6, 6.07) is 6.30. The van der Waals surface area contributed by atoms with Crippen LogP contribution in [0.2, 0.25) is 0 Å². The van der Waals surface area contributed by atoms with Crippen LogP contribution in [0.15, 0.2) is 18.2 Å². The van der Waals surface area contributed by atoms with Crippen LogP contribution in [0.25, 0.3) is 11.0 Å². The van der Waals surface area contributed by atoms with Gasteiger partial charge in [0.2, 0.25) is 0 Å². The standard InChI is InChI=1S/C13H19N3O/c1-9-4-5-12-11(6-9)15-13(16(12)2)7-10(8-14)17-3/h4-6,10H,7-8,14H2,1-3H3. The normalized spacial score (nSPS) is 13.2. The highest BCUT2D eigenvalue weighted by atomic mass is 16.5. The van der Waals surface area contributed by atoms with Crippen molar-refractivity contribution in [2.24, 2.45) is 12.8 Å². The summed E-state index contributed by atoms with van der Waals surface area (Å²) in [6.07, 6.45) is 0.781. The van der Waals surface area contributed by atoms with Crippen LogP contribution < -0.4 is 5.73 Å². The number of fused-ring (bicyclic) bond motifs is 1. The van der Waals surface area contributed by atoms with Crippen LogP contribution in [0.3, 0.4) is 0 Å². The van der Waals surface area contributed by atoms with Gasteiger partial charge >= 0.3 is 0 Å². The number of nitrogens with zero attached hydrogens (tertiary/aromatic N) is 2. The van der Waals surface area contributed by atoms with E-state index in [2.05, 4.69) is 34.7 Å². The molecule has 1 atom stereocenters. The van der Waals surface area contributed by atoms with Gasteiger partial charge in [0.1, 0.15) is 5.82 Å². The molecule has 0 spiro atoms. The first kappa shape index (κ1) is 12.1. The maximum absolute atomic E-state index is 5.64. The molecule has 0 fully saturated rings. The van der Waals surface area contributed by atoms with Crippen molar-refractivity contribution in [1.29, 1.82) is 0 Å².